The summed E-state index contributed by atoms with van der Waals surface area (Å²) in [6.45, 7) is 10.9. The molecule has 2 aromatic rings. The molecule has 0 aliphatic carbocycles. The number of benzene rings is 1. The van der Waals surface area contributed by atoms with E-state index in [1.807, 2.05) is 6.20 Å². The van der Waals surface area contributed by atoms with Gasteiger partial charge in [-0.1, -0.05) is 19.1 Å². The molecule has 1 aromatic heterocycles. The minimum Gasteiger partial charge on any atom is -0.493 e. The standard InChI is InChI=1S/C23H34N4O2S.HI/c1-4-20-14-26-22(30-20)8-10-25-23(24-5-2)27-13-19-7-6-17(3)12-21(19)29-16-18-9-11-28-15-18;/h6-7,12,14,18H,4-5,8-11,13,15-16H2,1-3H3,(H2,24,25,27);1H. The Balaban J connectivity index is 0.00000341. The summed E-state index contributed by atoms with van der Waals surface area (Å²) in [5.41, 5.74) is 2.30. The Labute approximate surface area is 207 Å². The number of aliphatic imine (C=N–C) groups is 1. The van der Waals surface area contributed by atoms with Crippen molar-refractivity contribution < 1.29 is 9.47 Å². The third-order valence-electron chi connectivity index (χ3n) is 5.05. The average Bonchev–Trinajstić information content (AvgIpc) is 3.43. The van der Waals surface area contributed by atoms with E-state index in [9.17, 15) is 0 Å². The van der Waals surface area contributed by atoms with Crippen LogP contribution in [0.15, 0.2) is 29.4 Å². The molecule has 2 N–H and O–H groups in total. The van der Waals surface area contributed by atoms with Crippen molar-refractivity contribution in [3.63, 3.8) is 0 Å². The van der Waals surface area contributed by atoms with Crippen molar-refractivity contribution in [2.24, 2.45) is 10.9 Å². The van der Waals surface area contributed by atoms with Crippen LogP contribution in [0.25, 0.3) is 0 Å². The fraction of sp³-hybridized carbons (Fsp3) is 0.565. The lowest BCUT2D eigenvalue weighted by molar-refractivity contribution is 0.166. The summed E-state index contributed by atoms with van der Waals surface area (Å²) in [5, 5.41) is 7.92. The molecule has 31 heavy (non-hydrogen) atoms. The van der Waals surface area contributed by atoms with Crippen molar-refractivity contribution in [2.45, 2.75) is 46.6 Å². The van der Waals surface area contributed by atoms with E-state index in [0.717, 1.165) is 62.8 Å². The maximum absolute atomic E-state index is 6.15. The van der Waals surface area contributed by atoms with Crippen LogP contribution in [0, 0.1) is 12.8 Å². The number of ether oxygens (including phenoxy) is 2. The molecule has 3 rings (SSSR count). The number of aromatic nitrogens is 1. The van der Waals surface area contributed by atoms with Crippen LogP contribution in [-0.2, 0) is 24.1 Å². The number of thiazole rings is 1. The highest BCUT2D eigenvalue weighted by molar-refractivity contribution is 14.0. The first-order valence-corrected chi connectivity index (χ1v) is 11.7. The number of nitrogens with zero attached hydrogens (tertiary/aromatic N) is 2. The molecule has 1 aromatic carbocycles. The van der Waals surface area contributed by atoms with E-state index < -0.39 is 0 Å². The molecule has 0 radical (unpaired) electrons. The predicted molar refractivity (Wildman–Crippen MR) is 139 cm³/mol. The van der Waals surface area contributed by atoms with Gasteiger partial charge in [0.15, 0.2) is 5.96 Å². The summed E-state index contributed by atoms with van der Waals surface area (Å²) in [4.78, 5) is 10.6. The topological polar surface area (TPSA) is 67.8 Å². The third kappa shape index (κ3) is 8.57. The molecule has 1 fully saturated rings. The van der Waals surface area contributed by atoms with E-state index in [2.05, 4.69) is 54.6 Å². The van der Waals surface area contributed by atoms with Gasteiger partial charge in [0.05, 0.1) is 24.8 Å². The fourth-order valence-corrected chi connectivity index (χ4v) is 4.13. The minimum atomic E-state index is 0. The number of hydrogen-bond donors (Lipinski definition) is 2. The summed E-state index contributed by atoms with van der Waals surface area (Å²) < 4.78 is 11.6. The maximum Gasteiger partial charge on any atom is 0.191 e. The van der Waals surface area contributed by atoms with Crippen LogP contribution < -0.4 is 15.4 Å². The first kappa shape index (κ1) is 25.9. The summed E-state index contributed by atoms with van der Waals surface area (Å²) in [5.74, 6) is 2.23. The largest absolute Gasteiger partial charge is 0.493 e. The van der Waals surface area contributed by atoms with Gasteiger partial charge >= 0.3 is 0 Å². The molecule has 0 saturated carbocycles. The van der Waals surface area contributed by atoms with Crippen LogP contribution in [0.2, 0.25) is 0 Å². The van der Waals surface area contributed by atoms with Gasteiger partial charge in [0.2, 0.25) is 0 Å². The van der Waals surface area contributed by atoms with E-state index in [1.54, 1.807) is 11.3 Å². The van der Waals surface area contributed by atoms with Crippen molar-refractivity contribution in [3.05, 3.63) is 45.4 Å². The third-order valence-corrected chi connectivity index (χ3v) is 6.26. The SMILES string of the molecule is CCNC(=NCc1ccc(C)cc1OCC1CCOC1)NCCc1ncc(CC)s1.I. The van der Waals surface area contributed by atoms with Gasteiger partial charge in [0, 0.05) is 48.7 Å². The quantitative estimate of drug-likeness (QED) is 0.258. The van der Waals surface area contributed by atoms with Crippen LogP contribution in [-0.4, -0.2) is 43.9 Å². The number of rotatable bonds is 10. The van der Waals surface area contributed by atoms with E-state index in [1.165, 1.54) is 15.4 Å². The molecule has 1 unspecified atom stereocenters. The van der Waals surface area contributed by atoms with E-state index >= 15 is 0 Å². The average molecular weight is 559 g/mol. The van der Waals surface area contributed by atoms with Crippen molar-refractivity contribution in [2.75, 3.05) is 32.9 Å². The van der Waals surface area contributed by atoms with Gasteiger partial charge in [-0.3, -0.25) is 0 Å². The Morgan fingerprint density at radius 3 is 2.90 bits per heavy atom. The smallest absolute Gasteiger partial charge is 0.191 e. The molecule has 1 saturated heterocycles. The maximum atomic E-state index is 6.15. The first-order chi connectivity index (χ1) is 14.7. The van der Waals surface area contributed by atoms with E-state index in [0.29, 0.717) is 19.1 Å². The van der Waals surface area contributed by atoms with Crippen LogP contribution in [0.4, 0.5) is 0 Å². The lowest BCUT2D eigenvalue weighted by Crippen LogP contribution is -2.38. The van der Waals surface area contributed by atoms with E-state index in [4.69, 9.17) is 14.5 Å². The van der Waals surface area contributed by atoms with Gasteiger partial charge in [-0.15, -0.1) is 35.3 Å². The lowest BCUT2D eigenvalue weighted by atomic mass is 10.1. The highest BCUT2D eigenvalue weighted by Gasteiger charge is 2.17. The van der Waals surface area contributed by atoms with Crippen LogP contribution in [0.5, 0.6) is 5.75 Å². The summed E-state index contributed by atoms with van der Waals surface area (Å²) in [7, 11) is 0. The molecular formula is C23H35IN4O2S. The Morgan fingerprint density at radius 2 is 2.19 bits per heavy atom. The van der Waals surface area contributed by atoms with Crippen LogP contribution in [0.3, 0.4) is 0 Å². The van der Waals surface area contributed by atoms with Gasteiger partial charge in [-0.05, 0) is 38.3 Å². The molecule has 6 nitrogen and oxygen atoms in total. The Morgan fingerprint density at radius 1 is 1.32 bits per heavy atom. The molecule has 0 bridgehead atoms. The molecule has 0 amide bonds. The highest BCUT2D eigenvalue weighted by Crippen LogP contribution is 2.23. The molecule has 1 atom stereocenters. The molecule has 1 aliphatic heterocycles. The minimum absolute atomic E-state index is 0. The second-order valence-electron chi connectivity index (χ2n) is 7.60. The van der Waals surface area contributed by atoms with Crippen molar-refractivity contribution in [1.82, 2.24) is 15.6 Å². The van der Waals surface area contributed by atoms with Crippen molar-refractivity contribution in [3.8, 4) is 5.75 Å². The summed E-state index contributed by atoms with van der Waals surface area (Å²) in [6, 6.07) is 6.34. The van der Waals surface area contributed by atoms with Gasteiger partial charge in [-0.25, -0.2) is 9.98 Å². The number of hydrogen-bond acceptors (Lipinski definition) is 5. The van der Waals surface area contributed by atoms with Gasteiger partial charge in [0.1, 0.15) is 5.75 Å². The number of halogens is 1. The summed E-state index contributed by atoms with van der Waals surface area (Å²) in [6.07, 6.45) is 5.00. The molecule has 2 heterocycles. The molecule has 0 spiro atoms. The number of guanidine groups is 1. The van der Waals surface area contributed by atoms with Gasteiger partial charge in [-0.2, -0.15) is 0 Å². The second-order valence-corrected chi connectivity index (χ2v) is 8.80. The lowest BCUT2D eigenvalue weighted by Gasteiger charge is -2.15. The number of nitrogens with one attached hydrogen (secondary N) is 2. The zero-order valence-corrected chi connectivity index (χ0v) is 21.9. The molecular weight excluding hydrogens is 523 g/mol. The zero-order chi connectivity index (χ0) is 21.2. The Bertz CT molecular complexity index is 822. The van der Waals surface area contributed by atoms with Crippen molar-refractivity contribution in [1.29, 1.82) is 0 Å². The van der Waals surface area contributed by atoms with Gasteiger partial charge in [0.25, 0.3) is 0 Å². The zero-order valence-electron chi connectivity index (χ0n) is 18.8. The first-order valence-electron chi connectivity index (χ1n) is 10.9. The highest BCUT2D eigenvalue weighted by atomic mass is 127. The predicted octanol–water partition coefficient (Wildman–Crippen LogP) is 4.35. The Hall–Kier alpha value is -1.39. The molecule has 8 heteroatoms. The second kappa shape index (κ2) is 13.9. The van der Waals surface area contributed by atoms with E-state index in [-0.39, 0.29) is 24.0 Å². The Kier molecular flexibility index (Phi) is 11.6. The van der Waals surface area contributed by atoms with Crippen LogP contribution in [0.1, 0.15) is 41.3 Å². The normalized spacial score (nSPS) is 16.1. The molecule has 172 valence electrons. The van der Waals surface area contributed by atoms with Crippen LogP contribution >= 0.6 is 35.3 Å². The fourth-order valence-electron chi connectivity index (χ4n) is 3.27. The number of aryl methyl sites for hydroxylation is 2. The molecule has 1 aliphatic rings. The van der Waals surface area contributed by atoms with Gasteiger partial charge < -0.3 is 20.1 Å². The van der Waals surface area contributed by atoms with Crippen molar-refractivity contribution >= 4 is 41.3 Å². The monoisotopic (exact) mass is 558 g/mol. The summed E-state index contributed by atoms with van der Waals surface area (Å²) >= 11 is 1.79.